The van der Waals surface area contributed by atoms with Crippen molar-refractivity contribution in [2.45, 2.75) is 84.2 Å². The van der Waals surface area contributed by atoms with Gasteiger partial charge in [0, 0.05) is 17.8 Å². The zero-order valence-electron chi connectivity index (χ0n) is 24.2. The molecule has 0 amide bonds. The van der Waals surface area contributed by atoms with Crippen LogP contribution in [-0.2, 0) is 18.4 Å². The molecular weight excluding hydrogens is 580 g/mol. The molecule has 5 rings (SSSR count). The summed E-state index contributed by atoms with van der Waals surface area (Å²) >= 11 is 0. The number of aliphatic hydroxyl groups is 1. The molecule has 0 aromatic heterocycles. The van der Waals surface area contributed by atoms with Gasteiger partial charge in [0.2, 0.25) is 0 Å². The van der Waals surface area contributed by atoms with Crippen molar-refractivity contribution >= 4 is 59.2 Å². The molecule has 0 unspecified atom stereocenters. The van der Waals surface area contributed by atoms with E-state index in [0.29, 0.717) is 36.8 Å². The van der Waals surface area contributed by atoms with Crippen molar-refractivity contribution in [1.82, 2.24) is 0 Å². The Balaban J connectivity index is 0.00000187. The summed E-state index contributed by atoms with van der Waals surface area (Å²) in [6.07, 6.45) is 7.79. The highest BCUT2D eigenvalue weighted by molar-refractivity contribution is 7.62. The minimum Gasteiger partial charge on any atom is -0.385 e. The third-order valence-corrected chi connectivity index (χ3v) is 11.9. The van der Waals surface area contributed by atoms with Crippen molar-refractivity contribution in [2.75, 3.05) is 13.2 Å². The van der Waals surface area contributed by atoms with Crippen LogP contribution in [0.1, 0.15) is 84.1 Å². The minimum absolute atomic E-state index is 0. The van der Waals surface area contributed by atoms with Gasteiger partial charge in [0.05, 0.1) is 24.1 Å². The SMILES string of the molecule is C=C(C)[C@]1(O)CC[C@H]2[C@@H]3CCC4=CC(=O)CCC4=C3[C@@H](c3ccc(P(=O)(OCC)OCC)cc3)C[C@@]21C.S.S.S. The van der Waals surface area contributed by atoms with Gasteiger partial charge in [0.25, 0.3) is 0 Å². The van der Waals surface area contributed by atoms with E-state index in [4.69, 9.17) is 9.05 Å². The molecule has 0 radical (unpaired) electrons. The van der Waals surface area contributed by atoms with E-state index in [2.05, 4.69) is 25.6 Å². The van der Waals surface area contributed by atoms with E-state index in [-0.39, 0.29) is 57.6 Å². The second-order valence-corrected chi connectivity index (χ2v) is 13.6. The summed E-state index contributed by atoms with van der Waals surface area (Å²) in [5.41, 5.74) is 4.93. The lowest BCUT2D eigenvalue weighted by Gasteiger charge is -2.55. The third kappa shape index (κ3) is 5.64. The number of fused-ring (bicyclic) bond motifs is 4. The van der Waals surface area contributed by atoms with Crippen LogP contribution in [0.15, 0.2) is 59.2 Å². The Morgan fingerprint density at radius 1 is 1.05 bits per heavy atom. The summed E-state index contributed by atoms with van der Waals surface area (Å²) in [4.78, 5) is 12.3. The van der Waals surface area contributed by atoms with Crippen LogP contribution in [-0.4, -0.2) is 29.7 Å². The Kier molecular flexibility index (Phi) is 11.8. The maximum atomic E-state index is 13.4. The Bertz CT molecular complexity index is 1220. The molecular formula is C31H47O5PS3. The normalized spacial score (nSPS) is 31.0. The lowest BCUT2D eigenvalue weighted by molar-refractivity contribution is -0.114. The van der Waals surface area contributed by atoms with Gasteiger partial charge in [-0.1, -0.05) is 31.2 Å². The minimum atomic E-state index is -3.37. The highest BCUT2D eigenvalue weighted by Crippen LogP contribution is 2.67. The van der Waals surface area contributed by atoms with Crippen LogP contribution >= 0.6 is 48.1 Å². The predicted molar refractivity (Wildman–Crippen MR) is 178 cm³/mol. The lowest BCUT2D eigenvalue weighted by Crippen LogP contribution is -2.52. The molecule has 4 aliphatic rings. The monoisotopic (exact) mass is 626 g/mol. The molecule has 5 nitrogen and oxygen atoms in total. The van der Waals surface area contributed by atoms with Crippen molar-refractivity contribution in [3.05, 3.63) is 64.8 Å². The van der Waals surface area contributed by atoms with Gasteiger partial charge >= 0.3 is 7.60 Å². The molecule has 224 valence electrons. The summed E-state index contributed by atoms with van der Waals surface area (Å²) in [6.45, 7) is 12.7. The Labute approximate surface area is 261 Å². The zero-order valence-corrected chi connectivity index (χ0v) is 28.1. The van der Waals surface area contributed by atoms with E-state index in [1.807, 2.05) is 39.0 Å². The van der Waals surface area contributed by atoms with Crippen molar-refractivity contribution in [2.24, 2.45) is 17.3 Å². The first-order valence-corrected chi connectivity index (χ1v) is 15.5. The molecule has 0 saturated heterocycles. The molecule has 0 aliphatic heterocycles. The fourth-order valence-electron chi connectivity index (χ4n) is 8.08. The standard InChI is InChI=1S/C31H41O5P.3H2S/c1-6-35-37(34,36-7-2)24-12-8-21(9-13-24)27-19-30(5)28(16-17-31(30,33)20(3)4)26-14-10-22-18-23(32)11-15-25(22)29(26)27;;;/h8-9,12-13,18,26-28,33H,3,6-7,10-11,14-17,19H2,1-2,4-5H3;3*1H2/t26-,27+,28-,30-,31+;;;/m0.../s1. The van der Waals surface area contributed by atoms with E-state index in [1.165, 1.54) is 16.7 Å². The molecule has 5 atom stereocenters. The van der Waals surface area contributed by atoms with Crippen molar-refractivity contribution in [1.29, 1.82) is 0 Å². The fourth-order valence-corrected chi connectivity index (χ4v) is 9.65. The number of ketones is 1. The van der Waals surface area contributed by atoms with E-state index in [1.54, 1.807) is 0 Å². The molecule has 2 saturated carbocycles. The second kappa shape index (κ2) is 13.3. The highest BCUT2D eigenvalue weighted by Gasteiger charge is 2.63. The number of hydrogen-bond donors (Lipinski definition) is 1. The van der Waals surface area contributed by atoms with E-state index < -0.39 is 13.2 Å². The van der Waals surface area contributed by atoms with Gasteiger partial charge in [-0.3, -0.25) is 9.36 Å². The zero-order chi connectivity index (χ0) is 26.6. The third-order valence-electron chi connectivity index (χ3n) is 9.80. The Hall–Kier alpha value is -0.730. The average Bonchev–Trinajstić information content (AvgIpc) is 3.15. The van der Waals surface area contributed by atoms with Crippen LogP contribution in [0.5, 0.6) is 0 Å². The smallest absolute Gasteiger partial charge is 0.361 e. The average molecular weight is 627 g/mol. The van der Waals surface area contributed by atoms with Gasteiger partial charge in [0.15, 0.2) is 5.78 Å². The fraction of sp³-hybridized carbons (Fsp3) is 0.581. The number of carbonyl (C=O) groups is 1. The quantitative estimate of drug-likeness (QED) is 0.258. The van der Waals surface area contributed by atoms with Gasteiger partial charge in [-0.15, -0.1) is 0 Å². The maximum Gasteiger partial charge on any atom is 0.361 e. The first kappa shape index (κ1) is 35.5. The maximum absolute atomic E-state index is 13.4. The first-order chi connectivity index (χ1) is 17.6. The van der Waals surface area contributed by atoms with Crippen LogP contribution in [0.25, 0.3) is 0 Å². The van der Waals surface area contributed by atoms with Gasteiger partial charge in [0.1, 0.15) is 0 Å². The summed E-state index contributed by atoms with van der Waals surface area (Å²) in [7, 11) is -3.37. The number of hydrogen-bond acceptors (Lipinski definition) is 5. The molecule has 4 aliphatic carbocycles. The molecule has 0 spiro atoms. The summed E-state index contributed by atoms with van der Waals surface area (Å²) in [5, 5.41) is 12.5. The highest BCUT2D eigenvalue weighted by atomic mass is 32.1. The lowest BCUT2D eigenvalue weighted by atomic mass is 9.50. The van der Waals surface area contributed by atoms with E-state index >= 15 is 0 Å². The molecule has 0 bridgehead atoms. The summed E-state index contributed by atoms with van der Waals surface area (Å²) < 4.78 is 24.5. The summed E-state index contributed by atoms with van der Waals surface area (Å²) in [5.74, 6) is 1.13. The number of carbonyl (C=O) groups excluding carboxylic acids is 1. The molecule has 9 heteroatoms. The number of rotatable bonds is 7. The van der Waals surface area contributed by atoms with Gasteiger partial charge in [-0.2, -0.15) is 40.5 Å². The van der Waals surface area contributed by atoms with Crippen LogP contribution in [0.4, 0.5) is 0 Å². The topological polar surface area (TPSA) is 72.8 Å². The molecule has 40 heavy (non-hydrogen) atoms. The summed E-state index contributed by atoms with van der Waals surface area (Å²) in [6, 6.07) is 7.92. The number of allylic oxidation sites excluding steroid dienone is 4. The van der Waals surface area contributed by atoms with Gasteiger partial charge in [-0.05, 0) is 112 Å². The molecule has 1 aromatic carbocycles. The van der Waals surface area contributed by atoms with Gasteiger partial charge < -0.3 is 14.2 Å². The van der Waals surface area contributed by atoms with Crippen LogP contribution in [0.2, 0.25) is 0 Å². The molecule has 1 aromatic rings. The molecule has 0 heterocycles. The van der Waals surface area contributed by atoms with E-state index in [9.17, 15) is 14.5 Å². The van der Waals surface area contributed by atoms with Crippen molar-refractivity contribution in [3.8, 4) is 0 Å². The molecule has 2 fully saturated rings. The van der Waals surface area contributed by atoms with Crippen LogP contribution in [0.3, 0.4) is 0 Å². The van der Waals surface area contributed by atoms with E-state index in [0.717, 1.165) is 49.7 Å². The second-order valence-electron chi connectivity index (χ2n) is 11.6. The van der Waals surface area contributed by atoms with Crippen LogP contribution in [0, 0.1) is 17.3 Å². The van der Waals surface area contributed by atoms with Crippen molar-refractivity contribution in [3.63, 3.8) is 0 Å². The largest absolute Gasteiger partial charge is 0.385 e. The molecule has 1 N–H and O–H groups in total. The predicted octanol–water partition coefficient (Wildman–Crippen LogP) is 7.12. The first-order valence-electron chi connectivity index (χ1n) is 13.9. The Morgan fingerprint density at radius 3 is 2.25 bits per heavy atom. The van der Waals surface area contributed by atoms with Crippen LogP contribution < -0.4 is 5.30 Å². The Morgan fingerprint density at radius 2 is 1.68 bits per heavy atom. The van der Waals surface area contributed by atoms with Crippen molar-refractivity contribution < 1.29 is 23.5 Å². The van der Waals surface area contributed by atoms with Gasteiger partial charge in [-0.25, -0.2) is 0 Å². The number of benzene rings is 1.